The number of nitrogens with zero attached hydrogens (tertiary/aromatic N) is 2. The molecule has 0 unspecified atom stereocenters. The molecule has 0 aliphatic rings. The Morgan fingerprint density at radius 1 is 1.15 bits per heavy atom. The summed E-state index contributed by atoms with van der Waals surface area (Å²) < 4.78 is 37.8. The van der Waals surface area contributed by atoms with E-state index in [0.717, 1.165) is 23.9 Å². The highest BCUT2D eigenvalue weighted by Gasteiger charge is 2.14. The van der Waals surface area contributed by atoms with Crippen molar-refractivity contribution in [3.05, 3.63) is 65.0 Å². The molecule has 1 aromatic heterocycles. The molecule has 0 radical (unpaired) electrons. The van der Waals surface area contributed by atoms with E-state index in [1.807, 2.05) is 0 Å². The summed E-state index contributed by atoms with van der Waals surface area (Å²) >= 11 is 6.72. The number of amides is 1. The number of para-hydroxylation sites is 1. The summed E-state index contributed by atoms with van der Waals surface area (Å²) in [5, 5.41) is 10.5. The van der Waals surface area contributed by atoms with Crippen molar-refractivity contribution in [3.63, 3.8) is 0 Å². The SMILES string of the molecule is O=C(CSc1nnc(COc2ccc(Cl)cc2)o1)Nc1c(F)cccc1F. The number of hydrogen-bond donors (Lipinski definition) is 1. The lowest BCUT2D eigenvalue weighted by Crippen LogP contribution is -2.16. The molecule has 0 saturated carbocycles. The van der Waals surface area contributed by atoms with Crippen LogP contribution in [0.2, 0.25) is 5.02 Å². The molecule has 0 saturated heterocycles. The van der Waals surface area contributed by atoms with Crippen LogP contribution in [0.4, 0.5) is 14.5 Å². The molecule has 0 spiro atoms. The number of carbonyl (C=O) groups is 1. The second-order valence-corrected chi connectivity index (χ2v) is 6.50. The molecule has 27 heavy (non-hydrogen) atoms. The summed E-state index contributed by atoms with van der Waals surface area (Å²) in [6.07, 6.45) is 0. The van der Waals surface area contributed by atoms with E-state index in [4.69, 9.17) is 20.8 Å². The number of benzene rings is 2. The molecular formula is C17H12ClF2N3O3S. The third kappa shape index (κ3) is 5.41. The van der Waals surface area contributed by atoms with Gasteiger partial charge in [-0.1, -0.05) is 29.4 Å². The number of anilines is 1. The number of rotatable bonds is 7. The number of carbonyl (C=O) groups excluding carboxylic acids is 1. The van der Waals surface area contributed by atoms with Gasteiger partial charge in [0.25, 0.3) is 11.1 Å². The first-order chi connectivity index (χ1) is 13.0. The van der Waals surface area contributed by atoms with Gasteiger partial charge in [0.15, 0.2) is 6.61 Å². The van der Waals surface area contributed by atoms with E-state index in [1.165, 1.54) is 6.07 Å². The van der Waals surface area contributed by atoms with Gasteiger partial charge in [-0.05, 0) is 36.4 Å². The van der Waals surface area contributed by atoms with Crippen LogP contribution in [-0.4, -0.2) is 21.9 Å². The number of halogens is 3. The Labute approximate surface area is 161 Å². The van der Waals surface area contributed by atoms with Crippen LogP contribution < -0.4 is 10.1 Å². The molecule has 0 fully saturated rings. The average molecular weight is 412 g/mol. The van der Waals surface area contributed by atoms with E-state index >= 15 is 0 Å². The van der Waals surface area contributed by atoms with Crippen molar-refractivity contribution in [1.29, 1.82) is 0 Å². The maximum absolute atomic E-state index is 13.5. The van der Waals surface area contributed by atoms with E-state index in [0.29, 0.717) is 10.8 Å². The zero-order valence-corrected chi connectivity index (χ0v) is 15.2. The summed E-state index contributed by atoms with van der Waals surface area (Å²) in [5.74, 6) is -1.68. The molecule has 2 aromatic carbocycles. The first-order valence-corrected chi connectivity index (χ1v) is 8.95. The predicted molar refractivity (Wildman–Crippen MR) is 95.8 cm³/mol. The summed E-state index contributed by atoms with van der Waals surface area (Å²) in [5.41, 5.74) is -0.495. The molecule has 1 amide bonds. The van der Waals surface area contributed by atoms with Crippen LogP contribution in [0.15, 0.2) is 52.1 Å². The lowest BCUT2D eigenvalue weighted by Gasteiger charge is -2.06. The van der Waals surface area contributed by atoms with Gasteiger partial charge in [-0.3, -0.25) is 4.79 Å². The topological polar surface area (TPSA) is 77.2 Å². The predicted octanol–water partition coefficient (Wildman–Crippen LogP) is 4.31. The second-order valence-electron chi connectivity index (χ2n) is 5.14. The zero-order chi connectivity index (χ0) is 19.2. The number of nitrogens with one attached hydrogen (secondary N) is 1. The number of aromatic nitrogens is 2. The fourth-order valence-electron chi connectivity index (χ4n) is 1.95. The highest BCUT2D eigenvalue weighted by Crippen LogP contribution is 2.21. The van der Waals surface area contributed by atoms with E-state index in [9.17, 15) is 13.6 Å². The summed E-state index contributed by atoms with van der Waals surface area (Å²) in [4.78, 5) is 11.8. The monoisotopic (exact) mass is 411 g/mol. The standard InChI is InChI=1S/C17H12ClF2N3O3S/c18-10-4-6-11(7-5-10)25-8-15-22-23-17(26-15)27-9-14(24)21-16-12(19)2-1-3-13(16)20/h1-7H,8-9H2,(H,21,24). The maximum Gasteiger partial charge on any atom is 0.277 e. The molecular weight excluding hydrogens is 400 g/mol. The third-order valence-electron chi connectivity index (χ3n) is 3.18. The molecule has 3 rings (SSSR count). The second kappa shape index (κ2) is 8.83. The summed E-state index contributed by atoms with van der Waals surface area (Å²) in [6, 6.07) is 10.1. The van der Waals surface area contributed by atoms with E-state index < -0.39 is 23.2 Å². The van der Waals surface area contributed by atoms with Crippen molar-refractivity contribution >= 4 is 35.0 Å². The number of hydrogen-bond acceptors (Lipinski definition) is 6. The fourth-order valence-corrected chi connectivity index (χ4v) is 2.66. The largest absolute Gasteiger partial charge is 0.484 e. The molecule has 140 valence electrons. The molecule has 10 heteroatoms. The minimum Gasteiger partial charge on any atom is -0.484 e. The van der Waals surface area contributed by atoms with Crippen molar-refractivity contribution in [3.8, 4) is 5.75 Å². The van der Waals surface area contributed by atoms with Gasteiger partial charge in [0, 0.05) is 5.02 Å². The first-order valence-electron chi connectivity index (χ1n) is 7.58. The van der Waals surface area contributed by atoms with Crippen LogP contribution in [0.25, 0.3) is 0 Å². The van der Waals surface area contributed by atoms with Gasteiger partial charge in [0.2, 0.25) is 5.91 Å². The quantitative estimate of drug-likeness (QED) is 0.584. The molecule has 0 aliphatic carbocycles. The number of ether oxygens (including phenoxy) is 1. The molecule has 0 atom stereocenters. The molecule has 0 aliphatic heterocycles. The van der Waals surface area contributed by atoms with Crippen molar-refractivity contribution in [2.45, 2.75) is 11.8 Å². The van der Waals surface area contributed by atoms with Crippen LogP contribution in [0.3, 0.4) is 0 Å². The van der Waals surface area contributed by atoms with Gasteiger partial charge in [0.05, 0.1) is 5.75 Å². The Morgan fingerprint density at radius 3 is 2.56 bits per heavy atom. The Bertz CT molecular complexity index is 917. The van der Waals surface area contributed by atoms with E-state index in [1.54, 1.807) is 24.3 Å². The Morgan fingerprint density at radius 2 is 1.85 bits per heavy atom. The zero-order valence-electron chi connectivity index (χ0n) is 13.6. The lowest BCUT2D eigenvalue weighted by molar-refractivity contribution is -0.113. The van der Waals surface area contributed by atoms with Crippen LogP contribution in [0.5, 0.6) is 5.75 Å². The van der Waals surface area contributed by atoms with Crippen LogP contribution in [0, 0.1) is 11.6 Å². The fraction of sp³-hybridized carbons (Fsp3) is 0.118. The average Bonchev–Trinajstić information content (AvgIpc) is 3.11. The summed E-state index contributed by atoms with van der Waals surface area (Å²) in [6.45, 7) is 0.0435. The Balaban J connectivity index is 1.49. The first kappa shape index (κ1) is 19.1. The Kier molecular flexibility index (Phi) is 6.25. The summed E-state index contributed by atoms with van der Waals surface area (Å²) in [7, 11) is 0. The highest BCUT2D eigenvalue weighted by atomic mass is 35.5. The number of thioether (sulfide) groups is 1. The molecule has 1 heterocycles. The molecule has 6 nitrogen and oxygen atoms in total. The highest BCUT2D eigenvalue weighted by molar-refractivity contribution is 7.99. The minimum absolute atomic E-state index is 0.0435. The molecule has 0 bridgehead atoms. The van der Waals surface area contributed by atoms with Crippen LogP contribution in [0.1, 0.15) is 5.89 Å². The lowest BCUT2D eigenvalue weighted by atomic mass is 10.3. The van der Waals surface area contributed by atoms with E-state index in [2.05, 4.69) is 15.5 Å². The van der Waals surface area contributed by atoms with Crippen LogP contribution in [-0.2, 0) is 11.4 Å². The smallest absolute Gasteiger partial charge is 0.277 e. The minimum atomic E-state index is -0.854. The van der Waals surface area contributed by atoms with Gasteiger partial charge in [0.1, 0.15) is 23.1 Å². The molecule has 1 N–H and O–H groups in total. The van der Waals surface area contributed by atoms with Gasteiger partial charge in [-0.25, -0.2) is 8.78 Å². The third-order valence-corrected chi connectivity index (χ3v) is 4.25. The van der Waals surface area contributed by atoms with Gasteiger partial charge in [-0.2, -0.15) is 0 Å². The van der Waals surface area contributed by atoms with Gasteiger partial charge >= 0.3 is 0 Å². The van der Waals surface area contributed by atoms with Crippen molar-refractivity contribution in [2.24, 2.45) is 0 Å². The molecule has 3 aromatic rings. The normalized spacial score (nSPS) is 10.6. The van der Waals surface area contributed by atoms with Gasteiger partial charge in [-0.15, -0.1) is 10.2 Å². The van der Waals surface area contributed by atoms with Crippen molar-refractivity contribution in [1.82, 2.24) is 10.2 Å². The van der Waals surface area contributed by atoms with E-state index in [-0.39, 0.29) is 23.5 Å². The Hall–Kier alpha value is -2.65. The maximum atomic E-state index is 13.5. The van der Waals surface area contributed by atoms with Crippen LogP contribution >= 0.6 is 23.4 Å². The van der Waals surface area contributed by atoms with Crippen molar-refractivity contribution in [2.75, 3.05) is 11.1 Å². The van der Waals surface area contributed by atoms with Gasteiger partial charge < -0.3 is 14.5 Å². The van der Waals surface area contributed by atoms with Crippen molar-refractivity contribution < 1.29 is 22.7 Å².